The second-order valence-electron chi connectivity index (χ2n) is 5.44. The number of rotatable bonds is 3. The van der Waals surface area contributed by atoms with Crippen molar-refractivity contribution in [1.29, 1.82) is 0 Å². The minimum absolute atomic E-state index is 1.53. The molecule has 24 heavy (non-hydrogen) atoms. The normalized spacial score (nSPS) is 11.7. The van der Waals surface area contributed by atoms with Gasteiger partial charge in [0, 0.05) is 6.42 Å². The first-order chi connectivity index (χ1) is 11.9. The Bertz CT molecular complexity index is 670. The average Bonchev–Trinajstić information content (AvgIpc) is 3.25. The summed E-state index contributed by atoms with van der Waals surface area (Å²) in [4.78, 5) is 0. The van der Waals surface area contributed by atoms with Crippen molar-refractivity contribution in [2.24, 2.45) is 0 Å². The standard InChI is InChI=1S/3C6H5.C5H5.Zr/c3*1-2-4-6-5-3-1;1-2-4-5-3-1;/h3*1-5H;1-5H;. The van der Waals surface area contributed by atoms with Gasteiger partial charge >= 0.3 is 123 Å². The Hall–Kier alpha value is -1.98. The molecule has 0 heterocycles. The van der Waals surface area contributed by atoms with Gasteiger partial charge in [0.2, 0.25) is 0 Å². The molecule has 0 N–H and O–H groups in total. The maximum absolute atomic E-state index is 2.29. The van der Waals surface area contributed by atoms with Crippen LogP contribution < -0.4 is 9.81 Å². The molecule has 0 spiro atoms. The Morgan fingerprint density at radius 3 is 0.958 bits per heavy atom. The number of benzene rings is 3. The fraction of sp³-hybridized carbons (Fsp3) is 0. The zero-order valence-electron chi connectivity index (χ0n) is 13.5. The number of allylic oxidation sites excluding steroid dienone is 4. The summed E-state index contributed by atoms with van der Waals surface area (Å²) in [6.07, 6.45) is 10.0. The SMILES string of the molecule is [CH]1C=CC=C1.c1cc[c]([Zr]([c]2ccccc2)[c]2ccccc2)cc1. The van der Waals surface area contributed by atoms with Crippen LogP contribution in [-0.2, 0) is 21.8 Å². The van der Waals surface area contributed by atoms with Gasteiger partial charge in [-0.1, -0.05) is 24.3 Å². The Labute approximate surface area is 152 Å². The van der Waals surface area contributed by atoms with Crippen molar-refractivity contribution in [3.8, 4) is 0 Å². The molecule has 0 aromatic heterocycles. The van der Waals surface area contributed by atoms with Gasteiger partial charge in [-0.3, -0.25) is 0 Å². The summed E-state index contributed by atoms with van der Waals surface area (Å²) in [6, 6.07) is 32.9. The molecule has 0 unspecified atom stereocenters. The van der Waals surface area contributed by atoms with E-state index >= 15 is 0 Å². The van der Waals surface area contributed by atoms with Gasteiger partial charge < -0.3 is 0 Å². The van der Waals surface area contributed by atoms with E-state index in [1.54, 1.807) is 0 Å². The Morgan fingerprint density at radius 2 is 0.708 bits per heavy atom. The molecule has 3 aromatic rings. The van der Waals surface area contributed by atoms with Crippen LogP contribution in [0.1, 0.15) is 0 Å². The molecule has 3 aromatic carbocycles. The van der Waals surface area contributed by atoms with Crippen molar-refractivity contribution in [3.05, 3.63) is 122 Å². The van der Waals surface area contributed by atoms with Crippen LogP contribution in [0.15, 0.2) is 115 Å². The van der Waals surface area contributed by atoms with Crippen molar-refractivity contribution in [3.63, 3.8) is 0 Å². The van der Waals surface area contributed by atoms with Gasteiger partial charge in [0.05, 0.1) is 0 Å². The second-order valence-corrected chi connectivity index (χ2v) is 11.5. The molecule has 0 fully saturated rings. The van der Waals surface area contributed by atoms with Gasteiger partial charge in [-0.2, -0.15) is 0 Å². The fourth-order valence-electron chi connectivity index (χ4n) is 2.64. The van der Waals surface area contributed by atoms with E-state index in [1.165, 1.54) is 9.81 Å². The Kier molecular flexibility index (Phi) is 6.57. The van der Waals surface area contributed by atoms with Gasteiger partial charge in [0.15, 0.2) is 0 Å². The van der Waals surface area contributed by atoms with Gasteiger partial charge in [0.1, 0.15) is 0 Å². The van der Waals surface area contributed by atoms with Crippen LogP contribution in [0.4, 0.5) is 0 Å². The van der Waals surface area contributed by atoms with E-state index in [0.717, 1.165) is 0 Å². The molecule has 4 rings (SSSR count). The third-order valence-corrected chi connectivity index (χ3v) is 10.5. The van der Waals surface area contributed by atoms with Crippen LogP contribution in [0.5, 0.6) is 0 Å². The summed E-state index contributed by atoms with van der Waals surface area (Å²) < 4.78 is 4.59. The summed E-state index contributed by atoms with van der Waals surface area (Å²) in [6.45, 7) is 0. The zero-order chi connectivity index (χ0) is 16.5. The summed E-state index contributed by atoms with van der Waals surface area (Å²) in [5, 5.41) is 0. The first-order valence-electron chi connectivity index (χ1n) is 8.15. The minimum atomic E-state index is -1.98. The number of hydrogen-bond acceptors (Lipinski definition) is 0. The molecule has 1 aliphatic carbocycles. The maximum atomic E-state index is 2.29. The second kappa shape index (κ2) is 9.35. The average molecular weight is 388 g/mol. The van der Waals surface area contributed by atoms with E-state index < -0.39 is 21.8 Å². The summed E-state index contributed by atoms with van der Waals surface area (Å²) in [5.74, 6) is 0. The summed E-state index contributed by atoms with van der Waals surface area (Å²) >= 11 is -1.98. The van der Waals surface area contributed by atoms with Crippen LogP contribution >= 0.6 is 0 Å². The van der Waals surface area contributed by atoms with Gasteiger partial charge in [-0.05, 0) is 0 Å². The molecular weight excluding hydrogens is 367 g/mol. The molecule has 0 atom stereocenters. The van der Waals surface area contributed by atoms with Crippen molar-refractivity contribution in [2.75, 3.05) is 0 Å². The third kappa shape index (κ3) is 4.76. The predicted octanol–water partition coefficient (Wildman–Crippen LogP) is 3.90. The van der Waals surface area contributed by atoms with E-state index in [-0.39, 0.29) is 0 Å². The number of hydrogen-bond donors (Lipinski definition) is 0. The van der Waals surface area contributed by atoms with Crippen LogP contribution in [0.25, 0.3) is 0 Å². The van der Waals surface area contributed by atoms with E-state index in [4.69, 9.17) is 0 Å². The van der Waals surface area contributed by atoms with E-state index in [0.29, 0.717) is 0 Å². The van der Waals surface area contributed by atoms with Crippen LogP contribution in [0.2, 0.25) is 0 Å². The van der Waals surface area contributed by atoms with E-state index in [2.05, 4.69) is 91.0 Å². The monoisotopic (exact) mass is 386 g/mol. The van der Waals surface area contributed by atoms with E-state index in [9.17, 15) is 0 Å². The molecule has 0 amide bonds. The van der Waals surface area contributed by atoms with E-state index in [1.807, 2.05) is 30.7 Å². The molecule has 116 valence electrons. The molecule has 1 aliphatic rings. The zero-order valence-corrected chi connectivity index (χ0v) is 16.0. The summed E-state index contributed by atoms with van der Waals surface area (Å²) in [7, 11) is 0. The molecule has 1 radical (unpaired) electrons. The van der Waals surface area contributed by atoms with Crippen LogP contribution in [-0.4, -0.2) is 0 Å². The van der Waals surface area contributed by atoms with Crippen molar-refractivity contribution >= 4 is 9.81 Å². The predicted molar refractivity (Wildman–Crippen MR) is 101 cm³/mol. The third-order valence-electron chi connectivity index (χ3n) is 3.74. The molecule has 0 bridgehead atoms. The molecule has 0 aliphatic heterocycles. The molecule has 1 heteroatoms. The first kappa shape index (κ1) is 16.9. The van der Waals surface area contributed by atoms with Crippen LogP contribution in [0, 0.1) is 6.42 Å². The van der Waals surface area contributed by atoms with Crippen molar-refractivity contribution < 1.29 is 21.8 Å². The van der Waals surface area contributed by atoms with Crippen LogP contribution in [0.3, 0.4) is 0 Å². The van der Waals surface area contributed by atoms with Gasteiger partial charge in [-0.15, -0.1) is 0 Å². The first-order valence-corrected chi connectivity index (χ1v) is 11.8. The van der Waals surface area contributed by atoms with Crippen molar-refractivity contribution in [1.82, 2.24) is 0 Å². The Morgan fingerprint density at radius 1 is 0.375 bits per heavy atom. The van der Waals surface area contributed by atoms with Gasteiger partial charge in [-0.25, -0.2) is 0 Å². The Balaban J connectivity index is 0.000000290. The molecule has 0 nitrogen and oxygen atoms in total. The van der Waals surface area contributed by atoms with Crippen molar-refractivity contribution in [2.45, 2.75) is 0 Å². The van der Waals surface area contributed by atoms with Gasteiger partial charge in [0.25, 0.3) is 0 Å². The molecule has 0 saturated heterocycles. The molecular formula is C23H20Zr. The quantitative estimate of drug-likeness (QED) is 0.639. The fourth-order valence-corrected chi connectivity index (χ4v) is 8.97. The molecule has 0 saturated carbocycles. The topological polar surface area (TPSA) is 0 Å². The summed E-state index contributed by atoms with van der Waals surface area (Å²) in [5.41, 5.74) is 0.